The van der Waals surface area contributed by atoms with Gasteiger partial charge in [0.2, 0.25) is 0 Å². The highest BCUT2D eigenvalue weighted by molar-refractivity contribution is 6.12. The molecule has 0 N–H and O–H groups in total. The van der Waals surface area contributed by atoms with E-state index >= 15 is 0 Å². The maximum absolute atomic E-state index is 12.3. The summed E-state index contributed by atoms with van der Waals surface area (Å²) in [6, 6.07) is 13.7. The third-order valence-electron chi connectivity index (χ3n) is 4.26. The van der Waals surface area contributed by atoms with Gasteiger partial charge in [-0.3, -0.25) is 0 Å². The summed E-state index contributed by atoms with van der Waals surface area (Å²) in [4.78, 5) is 47.0. The molecule has 3 aromatic rings. The Morgan fingerprint density at radius 2 is 0.938 bits per heavy atom. The summed E-state index contributed by atoms with van der Waals surface area (Å²) < 4.78 is 20.5. The Morgan fingerprint density at radius 1 is 0.625 bits per heavy atom. The molecule has 0 radical (unpaired) electrons. The highest BCUT2D eigenvalue weighted by Crippen LogP contribution is 2.42. The van der Waals surface area contributed by atoms with Crippen molar-refractivity contribution in [2.24, 2.45) is 0 Å². The minimum Gasteiger partial charge on any atom is -0.451 e. The van der Waals surface area contributed by atoms with Gasteiger partial charge in [-0.25, -0.2) is 19.2 Å². The molecule has 0 aromatic heterocycles. The zero-order chi connectivity index (χ0) is 23.1. The highest BCUT2D eigenvalue weighted by Gasteiger charge is 2.20. The number of rotatable bonds is 8. The van der Waals surface area contributed by atoms with E-state index in [-0.39, 0.29) is 11.5 Å². The van der Waals surface area contributed by atoms with Crippen molar-refractivity contribution >= 4 is 45.4 Å². The Morgan fingerprint density at radius 3 is 1.22 bits per heavy atom. The molecular formula is C24H18O8. The van der Waals surface area contributed by atoms with Crippen LogP contribution in [0.25, 0.3) is 21.5 Å². The van der Waals surface area contributed by atoms with Crippen molar-refractivity contribution in [1.29, 1.82) is 0 Å². The number of hydrogen-bond donors (Lipinski definition) is 0. The van der Waals surface area contributed by atoms with Crippen LogP contribution in [-0.2, 0) is 28.7 Å². The first-order chi connectivity index (χ1) is 15.4. The maximum atomic E-state index is 12.3. The number of benzene rings is 3. The van der Waals surface area contributed by atoms with Crippen LogP contribution in [0, 0.1) is 0 Å². The van der Waals surface area contributed by atoms with Gasteiger partial charge in [0.05, 0.1) is 0 Å². The van der Waals surface area contributed by atoms with E-state index in [9.17, 15) is 19.2 Å². The van der Waals surface area contributed by atoms with Crippen LogP contribution in [0.3, 0.4) is 0 Å². The molecule has 3 rings (SSSR count). The number of carbonyl (C=O) groups excluding carboxylic acids is 4. The van der Waals surface area contributed by atoms with Crippen LogP contribution < -0.4 is 9.47 Å². The Balaban J connectivity index is 2.02. The predicted molar refractivity (Wildman–Crippen MR) is 115 cm³/mol. The monoisotopic (exact) mass is 434 g/mol. The molecule has 3 aromatic carbocycles. The standard InChI is InChI=1S/C24H18O8/c1-3-19(25)29-13-21(27)31-23-15-9-5-7-11-17(15)24(18-12-8-6-10-16(18)23)32-22(28)14-30-20(26)4-2/h3-12H,1-2,13-14H2. The number of hydrogen-bond acceptors (Lipinski definition) is 8. The number of fused-ring (bicyclic) bond motifs is 2. The van der Waals surface area contributed by atoms with E-state index in [2.05, 4.69) is 13.2 Å². The van der Waals surface area contributed by atoms with Gasteiger partial charge in [0.1, 0.15) is 11.5 Å². The van der Waals surface area contributed by atoms with E-state index in [1.54, 1.807) is 48.5 Å². The first kappa shape index (κ1) is 22.2. The van der Waals surface area contributed by atoms with Crippen LogP contribution in [-0.4, -0.2) is 37.1 Å². The lowest BCUT2D eigenvalue weighted by Crippen LogP contribution is -2.19. The summed E-state index contributed by atoms with van der Waals surface area (Å²) in [5.41, 5.74) is 0. The van der Waals surface area contributed by atoms with Gasteiger partial charge in [0.15, 0.2) is 13.2 Å². The minimum atomic E-state index is -0.795. The lowest BCUT2D eigenvalue weighted by molar-refractivity contribution is -0.150. The summed E-state index contributed by atoms with van der Waals surface area (Å²) in [5, 5.41) is 1.95. The van der Waals surface area contributed by atoms with Gasteiger partial charge in [-0.15, -0.1) is 0 Å². The summed E-state index contributed by atoms with van der Waals surface area (Å²) in [5.74, 6) is -2.66. The van der Waals surface area contributed by atoms with Crippen molar-refractivity contribution < 1.29 is 38.1 Å². The molecule has 162 valence electrons. The molecule has 0 unspecified atom stereocenters. The lowest BCUT2D eigenvalue weighted by Gasteiger charge is -2.16. The van der Waals surface area contributed by atoms with Crippen molar-refractivity contribution in [2.75, 3.05) is 13.2 Å². The van der Waals surface area contributed by atoms with Crippen molar-refractivity contribution in [3.8, 4) is 11.5 Å². The van der Waals surface area contributed by atoms with Gasteiger partial charge in [0.25, 0.3) is 0 Å². The van der Waals surface area contributed by atoms with E-state index in [1.807, 2.05) is 0 Å². The fourth-order valence-electron chi connectivity index (χ4n) is 2.93. The second kappa shape index (κ2) is 10.0. The Hall–Kier alpha value is -4.46. The molecule has 32 heavy (non-hydrogen) atoms. The van der Waals surface area contributed by atoms with Crippen molar-refractivity contribution in [1.82, 2.24) is 0 Å². The normalized spacial score (nSPS) is 10.2. The molecule has 0 saturated heterocycles. The van der Waals surface area contributed by atoms with Crippen LogP contribution >= 0.6 is 0 Å². The smallest absolute Gasteiger partial charge is 0.349 e. The van der Waals surface area contributed by atoms with Gasteiger partial charge >= 0.3 is 23.9 Å². The molecule has 0 aliphatic carbocycles. The zero-order valence-corrected chi connectivity index (χ0v) is 16.9. The molecule has 0 spiro atoms. The first-order valence-corrected chi connectivity index (χ1v) is 9.37. The topological polar surface area (TPSA) is 105 Å². The summed E-state index contributed by atoms with van der Waals surface area (Å²) in [7, 11) is 0. The third kappa shape index (κ3) is 4.99. The minimum absolute atomic E-state index is 0.216. The lowest BCUT2D eigenvalue weighted by atomic mass is 10.0. The summed E-state index contributed by atoms with van der Waals surface area (Å²) in [6.07, 6.45) is 1.88. The Labute approximate surface area is 182 Å². The van der Waals surface area contributed by atoms with Gasteiger partial charge in [-0.2, -0.15) is 0 Å². The molecular weight excluding hydrogens is 416 g/mol. The maximum Gasteiger partial charge on any atom is 0.349 e. The largest absolute Gasteiger partial charge is 0.451 e. The number of carbonyl (C=O) groups is 4. The summed E-state index contributed by atoms with van der Waals surface area (Å²) in [6.45, 7) is 5.33. The highest BCUT2D eigenvalue weighted by atomic mass is 16.6. The molecule has 0 aliphatic heterocycles. The van der Waals surface area contributed by atoms with Crippen LogP contribution in [0.1, 0.15) is 0 Å². The van der Waals surface area contributed by atoms with Crippen molar-refractivity contribution in [2.45, 2.75) is 0 Å². The second-order valence-corrected chi connectivity index (χ2v) is 6.32. The van der Waals surface area contributed by atoms with Crippen LogP contribution in [0.4, 0.5) is 0 Å². The molecule has 8 heteroatoms. The van der Waals surface area contributed by atoms with Gasteiger partial charge in [-0.1, -0.05) is 61.7 Å². The van der Waals surface area contributed by atoms with Crippen LogP contribution in [0.5, 0.6) is 11.5 Å². The van der Waals surface area contributed by atoms with Crippen LogP contribution in [0.2, 0.25) is 0 Å². The third-order valence-corrected chi connectivity index (χ3v) is 4.26. The van der Waals surface area contributed by atoms with Crippen LogP contribution in [0.15, 0.2) is 73.8 Å². The second-order valence-electron chi connectivity index (χ2n) is 6.32. The molecule has 0 aliphatic rings. The van der Waals surface area contributed by atoms with Gasteiger partial charge in [0, 0.05) is 33.7 Å². The van der Waals surface area contributed by atoms with Gasteiger partial charge < -0.3 is 18.9 Å². The molecule has 8 nitrogen and oxygen atoms in total. The van der Waals surface area contributed by atoms with E-state index in [0.717, 1.165) is 12.2 Å². The number of ether oxygens (including phenoxy) is 4. The SMILES string of the molecule is C=CC(=O)OCC(=O)Oc1c2ccccc2c(OC(=O)COC(=O)C=C)c2ccccc12. The Kier molecular flexibility index (Phi) is 6.97. The zero-order valence-electron chi connectivity index (χ0n) is 16.9. The average Bonchev–Trinajstić information content (AvgIpc) is 2.82. The van der Waals surface area contributed by atoms with E-state index in [1.165, 1.54) is 0 Å². The van der Waals surface area contributed by atoms with Crippen molar-refractivity contribution in [3.63, 3.8) is 0 Å². The fourth-order valence-corrected chi connectivity index (χ4v) is 2.93. The molecule has 0 saturated carbocycles. The average molecular weight is 434 g/mol. The molecule has 0 amide bonds. The first-order valence-electron chi connectivity index (χ1n) is 9.37. The van der Waals surface area contributed by atoms with E-state index in [0.29, 0.717) is 21.5 Å². The van der Waals surface area contributed by atoms with E-state index < -0.39 is 37.1 Å². The quantitative estimate of drug-likeness (QED) is 0.230. The molecule has 0 atom stereocenters. The number of esters is 4. The Bertz CT molecular complexity index is 1090. The van der Waals surface area contributed by atoms with Crippen molar-refractivity contribution in [3.05, 3.63) is 73.8 Å². The summed E-state index contributed by atoms with van der Waals surface area (Å²) >= 11 is 0. The molecule has 0 bridgehead atoms. The predicted octanol–water partition coefficient (Wildman–Crippen LogP) is 3.26. The fraction of sp³-hybridized carbons (Fsp3) is 0.0833. The van der Waals surface area contributed by atoms with Gasteiger partial charge in [-0.05, 0) is 0 Å². The molecule has 0 heterocycles. The van der Waals surface area contributed by atoms with E-state index in [4.69, 9.17) is 18.9 Å². The molecule has 0 fully saturated rings.